The van der Waals surface area contributed by atoms with E-state index in [4.69, 9.17) is 0 Å². The number of hydrogen-bond acceptors (Lipinski definition) is 4. The first-order chi connectivity index (χ1) is 15.2. The molecule has 2 aromatic heterocycles. The van der Waals surface area contributed by atoms with Crippen LogP contribution in [0.25, 0.3) is 21.8 Å². The zero-order valence-corrected chi connectivity index (χ0v) is 16.4. The normalized spacial score (nSPS) is 10.8. The van der Waals surface area contributed by atoms with Crippen LogP contribution in [0.1, 0.15) is 10.4 Å². The van der Waals surface area contributed by atoms with Crippen LogP contribution >= 0.6 is 0 Å². The predicted molar refractivity (Wildman–Crippen MR) is 124 cm³/mol. The third-order valence-corrected chi connectivity index (χ3v) is 5.06. The van der Waals surface area contributed by atoms with Crippen molar-refractivity contribution in [3.05, 3.63) is 107 Å². The van der Waals surface area contributed by atoms with Crippen LogP contribution in [0.2, 0.25) is 0 Å². The lowest BCUT2D eigenvalue weighted by molar-refractivity contribution is 0.102. The van der Waals surface area contributed by atoms with Gasteiger partial charge in [-0.3, -0.25) is 9.59 Å². The number of nitrogens with zero attached hydrogens (tertiary/aromatic N) is 1. The number of rotatable bonds is 4. The van der Waals surface area contributed by atoms with E-state index in [2.05, 4.69) is 20.6 Å². The van der Waals surface area contributed by atoms with Gasteiger partial charge in [0, 0.05) is 39.3 Å². The predicted octanol–water partition coefficient (Wildman–Crippen LogP) is 5.07. The first kappa shape index (κ1) is 18.6. The smallest absolute Gasteiger partial charge is 0.257 e. The van der Waals surface area contributed by atoms with E-state index in [1.165, 1.54) is 0 Å². The molecule has 5 aromatic rings. The summed E-state index contributed by atoms with van der Waals surface area (Å²) in [6.07, 6.45) is 1.65. The molecule has 150 valence electrons. The number of anilines is 3. The summed E-state index contributed by atoms with van der Waals surface area (Å²) < 4.78 is 0. The minimum atomic E-state index is -0.171. The summed E-state index contributed by atoms with van der Waals surface area (Å²) in [5, 5.41) is 8.58. The van der Waals surface area contributed by atoms with Crippen LogP contribution in [0, 0.1) is 0 Å². The highest BCUT2D eigenvalue weighted by atomic mass is 16.1. The Labute approximate surface area is 177 Å². The number of benzene rings is 3. The van der Waals surface area contributed by atoms with Gasteiger partial charge in [-0.15, -0.1) is 0 Å². The Morgan fingerprint density at radius 3 is 2.39 bits per heavy atom. The maximum Gasteiger partial charge on any atom is 0.257 e. The molecule has 0 unspecified atom stereocenters. The SMILES string of the molecule is O=C(Nc1cccc(Nc2ccnc3[nH]c(=O)c4ccccc4c23)c1)c1ccccc1. The maximum atomic E-state index is 12.5. The van der Waals surface area contributed by atoms with E-state index in [1.807, 2.05) is 66.7 Å². The van der Waals surface area contributed by atoms with Gasteiger partial charge in [-0.1, -0.05) is 42.5 Å². The van der Waals surface area contributed by atoms with Crippen molar-refractivity contribution in [2.24, 2.45) is 0 Å². The fraction of sp³-hybridized carbons (Fsp3) is 0. The molecule has 6 nitrogen and oxygen atoms in total. The third kappa shape index (κ3) is 3.62. The van der Waals surface area contributed by atoms with Gasteiger partial charge in [-0.25, -0.2) is 4.98 Å². The standard InChI is InChI=1S/C25H18N4O2/c30-24(16-7-2-1-3-8-16)28-18-10-6-9-17(15-18)27-21-13-14-26-23-22(21)19-11-4-5-12-20(19)25(31)29-23/h1-15H,(H,28,30)(H2,26,27,29,31). The number of amides is 1. The summed E-state index contributed by atoms with van der Waals surface area (Å²) in [4.78, 5) is 32.0. The molecule has 0 fully saturated rings. The van der Waals surface area contributed by atoms with Gasteiger partial charge >= 0.3 is 0 Å². The second-order valence-corrected chi connectivity index (χ2v) is 7.11. The van der Waals surface area contributed by atoms with Crippen molar-refractivity contribution in [1.29, 1.82) is 0 Å². The average molecular weight is 406 g/mol. The van der Waals surface area contributed by atoms with Crippen molar-refractivity contribution >= 4 is 44.8 Å². The number of hydrogen-bond donors (Lipinski definition) is 3. The Bertz CT molecular complexity index is 1480. The van der Waals surface area contributed by atoms with Gasteiger partial charge in [-0.05, 0) is 42.5 Å². The minimum Gasteiger partial charge on any atom is -0.355 e. The fourth-order valence-corrected chi connectivity index (χ4v) is 3.63. The molecule has 0 atom stereocenters. The van der Waals surface area contributed by atoms with Crippen molar-refractivity contribution in [3.63, 3.8) is 0 Å². The number of aromatic amines is 1. The van der Waals surface area contributed by atoms with Crippen LogP contribution in [0.4, 0.5) is 17.1 Å². The van der Waals surface area contributed by atoms with Crippen LogP contribution in [-0.2, 0) is 0 Å². The lowest BCUT2D eigenvalue weighted by atomic mass is 10.1. The summed E-state index contributed by atoms with van der Waals surface area (Å²) >= 11 is 0. The topological polar surface area (TPSA) is 86.9 Å². The monoisotopic (exact) mass is 406 g/mol. The quantitative estimate of drug-likeness (QED) is 0.364. The summed E-state index contributed by atoms with van der Waals surface area (Å²) in [6.45, 7) is 0. The van der Waals surface area contributed by atoms with Crippen molar-refractivity contribution in [1.82, 2.24) is 9.97 Å². The van der Waals surface area contributed by atoms with Gasteiger partial charge in [0.15, 0.2) is 0 Å². The highest BCUT2D eigenvalue weighted by Gasteiger charge is 2.11. The van der Waals surface area contributed by atoms with Crippen molar-refractivity contribution in [3.8, 4) is 0 Å². The average Bonchev–Trinajstić information content (AvgIpc) is 2.80. The van der Waals surface area contributed by atoms with Crippen molar-refractivity contribution in [2.75, 3.05) is 10.6 Å². The van der Waals surface area contributed by atoms with Crippen LogP contribution in [0.5, 0.6) is 0 Å². The molecule has 0 saturated carbocycles. The lowest BCUT2D eigenvalue weighted by Gasteiger charge is -2.13. The molecule has 3 N–H and O–H groups in total. The summed E-state index contributed by atoms with van der Waals surface area (Å²) in [5.41, 5.74) is 3.23. The van der Waals surface area contributed by atoms with Gasteiger partial charge in [0.1, 0.15) is 5.65 Å². The van der Waals surface area contributed by atoms with Crippen molar-refractivity contribution < 1.29 is 4.79 Å². The Balaban J connectivity index is 1.51. The first-order valence-electron chi connectivity index (χ1n) is 9.82. The molecule has 0 aliphatic rings. The van der Waals surface area contributed by atoms with Crippen LogP contribution in [-0.4, -0.2) is 15.9 Å². The first-order valence-corrected chi connectivity index (χ1v) is 9.82. The Hall–Kier alpha value is -4.45. The van der Waals surface area contributed by atoms with Crippen LogP contribution < -0.4 is 16.2 Å². The highest BCUT2D eigenvalue weighted by molar-refractivity contribution is 6.11. The molecule has 0 aliphatic carbocycles. The fourth-order valence-electron chi connectivity index (χ4n) is 3.63. The number of H-pyrrole nitrogens is 1. The van der Waals surface area contributed by atoms with Gasteiger partial charge < -0.3 is 15.6 Å². The second-order valence-electron chi connectivity index (χ2n) is 7.11. The zero-order chi connectivity index (χ0) is 21.2. The lowest BCUT2D eigenvalue weighted by Crippen LogP contribution is -2.11. The maximum absolute atomic E-state index is 12.5. The molecule has 6 heteroatoms. The molecule has 5 rings (SSSR count). The molecule has 1 amide bonds. The Morgan fingerprint density at radius 2 is 1.55 bits per heavy atom. The Kier molecular flexibility index (Phi) is 4.65. The highest BCUT2D eigenvalue weighted by Crippen LogP contribution is 2.30. The number of carbonyl (C=O) groups excluding carboxylic acids is 1. The van der Waals surface area contributed by atoms with E-state index >= 15 is 0 Å². The number of aromatic nitrogens is 2. The minimum absolute atomic E-state index is 0.168. The van der Waals surface area contributed by atoms with Crippen LogP contribution in [0.15, 0.2) is 95.9 Å². The zero-order valence-electron chi connectivity index (χ0n) is 16.4. The molecule has 0 aliphatic heterocycles. The molecule has 31 heavy (non-hydrogen) atoms. The molecular formula is C25H18N4O2. The van der Waals surface area contributed by atoms with E-state index in [-0.39, 0.29) is 11.5 Å². The van der Waals surface area contributed by atoms with Gasteiger partial charge in [0.25, 0.3) is 11.5 Å². The number of pyridine rings is 2. The largest absolute Gasteiger partial charge is 0.355 e. The third-order valence-electron chi connectivity index (χ3n) is 5.06. The summed E-state index contributed by atoms with van der Waals surface area (Å²) in [6, 6.07) is 25.9. The van der Waals surface area contributed by atoms with Crippen LogP contribution in [0.3, 0.4) is 0 Å². The van der Waals surface area contributed by atoms with Gasteiger partial charge in [-0.2, -0.15) is 0 Å². The molecule has 0 radical (unpaired) electrons. The molecule has 2 heterocycles. The summed E-state index contributed by atoms with van der Waals surface area (Å²) in [7, 11) is 0. The number of carbonyl (C=O) groups is 1. The molecule has 0 spiro atoms. The molecule has 0 saturated heterocycles. The second kappa shape index (κ2) is 7.76. The van der Waals surface area contributed by atoms with Crippen molar-refractivity contribution in [2.45, 2.75) is 0 Å². The number of fused-ring (bicyclic) bond motifs is 3. The molecule has 0 bridgehead atoms. The van der Waals surface area contributed by atoms with E-state index < -0.39 is 0 Å². The van der Waals surface area contributed by atoms with Gasteiger partial charge in [0.05, 0.1) is 5.69 Å². The van der Waals surface area contributed by atoms with E-state index in [9.17, 15) is 9.59 Å². The Morgan fingerprint density at radius 1 is 0.806 bits per heavy atom. The van der Waals surface area contributed by atoms with E-state index in [0.29, 0.717) is 22.3 Å². The molecular weight excluding hydrogens is 388 g/mol. The van der Waals surface area contributed by atoms with E-state index in [1.54, 1.807) is 24.4 Å². The van der Waals surface area contributed by atoms with E-state index in [0.717, 1.165) is 22.1 Å². The molecule has 3 aromatic carbocycles. The van der Waals surface area contributed by atoms with Gasteiger partial charge in [0.2, 0.25) is 0 Å². The number of nitrogens with one attached hydrogen (secondary N) is 3. The summed E-state index contributed by atoms with van der Waals surface area (Å²) in [5.74, 6) is -0.171.